The van der Waals surface area contributed by atoms with Crippen LogP contribution in [0.3, 0.4) is 0 Å². The Bertz CT molecular complexity index is 1230. The molecule has 0 spiro atoms. The second-order valence-electron chi connectivity index (χ2n) is 6.71. The SMILES string of the molecule is COCCn1c(C(=O)Nc2cccc(C(C)=O)c2)cc2c(=O)n(C)c(=O)n(C)c21. The number of aromatic nitrogens is 3. The van der Waals surface area contributed by atoms with Crippen molar-refractivity contribution in [3.63, 3.8) is 0 Å². The van der Waals surface area contributed by atoms with Gasteiger partial charge in [-0.15, -0.1) is 0 Å². The van der Waals surface area contributed by atoms with Crippen molar-refractivity contribution < 1.29 is 14.3 Å². The van der Waals surface area contributed by atoms with E-state index in [0.717, 1.165) is 4.57 Å². The Morgan fingerprint density at radius 3 is 2.48 bits per heavy atom. The quantitative estimate of drug-likeness (QED) is 0.627. The zero-order chi connectivity index (χ0) is 21.3. The molecule has 0 aliphatic heterocycles. The Labute approximate surface area is 166 Å². The van der Waals surface area contributed by atoms with Crippen LogP contribution in [-0.4, -0.2) is 39.1 Å². The van der Waals surface area contributed by atoms with E-state index in [1.165, 1.54) is 31.7 Å². The summed E-state index contributed by atoms with van der Waals surface area (Å²) in [7, 11) is 4.46. The van der Waals surface area contributed by atoms with Crippen molar-refractivity contribution in [2.24, 2.45) is 14.1 Å². The molecule has 0 unspecified atom stereocenters. The number of methoxy groups -OCH3 is 1. The largest absolute Gasteiger partial charge is 0.383 e. The van der Waals surface area contributed by atoms with E-state index in [-0.39, 0.29) is 30.0 Å². The average molecular weight is 398 g/mol. The van der Waals surface area contributed by atoms with Gasteiger partial charge in [0.05, 0.1) is 12.0 Å². The van der Waals surface area contributed by atoms with Gasteiger partial charge >= 0.3 is 5.69 Å². The van der Waals surface area contributed by atoms with Gasteiger partial charge in [0.2, 0.25) is 0 Å². The molecule has 29 heavy (non-hydrogen) atoms. The maximum Gasteiger partial charge on any atom is 0.332 e. The van der Waals surface area contributed by atoms with Crippen LogP contribution < -0.4 is 16.6 Å². The minimum absolute atomic E-state index is 0.117. The van der Waals surface area contributed by atoms with Crippen LogP contribution in [0.4, 0.5) is 5.69 Å². The van der Waals surface area contributed by atoms with Gasteiger partial charge in [-0.1, -0.05) is 12.1 Å². The van der Waals surface area contributed by atoms with Crippen molar-refractivity contribution >= 4 is 28.4 Å². The Hall–Kier alpha value is -3.46. The fourth-order valence-corrected chi connectivity index (χ4v) is 3.25. The summed E-state index contributed by atoms with van der Waals surface area (Å²) in [5, 5.41) is 3.01. The van der Waals surface area contributed by atoms with Crippen molar-refractivity contribution in [1.29, 1.82) is 0 Å². The summed E-state index contributed by atoms with van der Waals surface area (Å²) < 4.78 is 9.05. The molecular formula is C20H22N4O5. The van der Waals surface area contributed by atoms with E-state index in [9.17, 15) is 19.2 Å². The molecule has 1 aromatic carbocycles. The lowest BCUT2D eigenvalue weighted by Crippen LogP contribution is -2.37. The van der Waals surface area contributed by atoms with Crippen molar-refractivity contribution in [2.75, 3.05) is 19.0 Å². The van der Waals surface area contributed by atoms with Crippen LogP contribution in [0.5, 0.6) is 0 Å². The second-order valence-corrected chi connectivity index (χ2v) is 6.71. The molecule has 2 heterocycles. The normalized spacial score (nSPS) is 11.0. The van der Waals surface area contributed by atoms with Crippen molar-refractivity contribution in [3.05, 3.63) is 62.4 Å². The molecule has 0 aliphatic rings. The molecule has 0 fully saturated rings. The van der Waals surface area contributed by atoms with Crippen LogP contribution in [-0.2, 0) is 25.4 Å². The summed E-state index contributed by atoms with van der Waals surface area (Å²) in [6, 6.07) is 8.05. The van der Waals surface area contributed by atoms with E-state index >= 15 is 0 Å². The van der Waals surface area contributed by atoms with Gasteiger partial charge in [-0.2, -0.15) is 0 Å². The Balaban J connectivity index is 2.14. The van der Waals surface area contributed by atoms with Gasteiger partial charge in [0.25, 0.3) is 11.5 Å². The van der Waals surface area contributed by atoms with Crippen LogP contribution in [0.25, 0.3) is 11.0 Å². The molecule has 0 bridgehead atoms. The molecule has 0 radical (unpaired) electrons. The molecule has 0 atom stereocenters. The molecule has 0 saturated carbocycles. The van der Waals surface area contributed by atoms with Crippen LogP contribution in [0.15, 0.2) is 39.9 Å². The topological polar surface area (TPSA) is 104 Å². The number of carbonyl (C=O) groups is 2. The van der Waals surface area contributed by atoms with E-state index in [4.69, 9.17) is 4.74 Å². The maximum atomic E-state index is 13.0. The first kappa shape index (κ1) is 20.3. The monoisotopic (exact) mass is 398 g/mol. The molecule has 0 aliphatic carbocycles. The molecule has 1 amide bonds. The van der Waals surface area contributed by atoms with Gasteiger partial charge in [0.15, 0.2) is 5.78 Å². The number of nitrogens with zero attached hydrogens (tertiary/aromatic N) is 3. The number of hydrogen-bond donors (Lipinski definition) is 1. The number of amides is 1. The van der Waals surface area contributed by atoms with Gasteiger partial charge in [-0.3, -0.25) is 23.5 Å². The summed E-state index contributed by atoms with van der Waals surface area (Å²) in [5.41, 5.74) is 0.515. The number of ketones is 1. The molecule has 3 rings (SSSR count). The number of ether oxygens (including phenoxy) is 1. The molecular weight excluding hydrogens is 376 g/mol. The third-order valence-corrected chi connectivity index (χ3v) is 4.77. The highest BCUT2D eigenvalue weighted by Crippen LogP contribution is 2.18. The first-order valence-corrected chi connectivity index (χ1v) is 8.96. The third-order valence-electron chi connectivity index (χ3n) is 4.77. The second kappa shape index (κ2) is 7.88. The van der Waals surface area contributed by atoms with Gasteiger partial charge in [0.1, 0.15) is 11.3 Å². The highest BCUT2D eigenvalue weighted by atomic mass is 16.5. The molecule has 152 valence electrons. The molecule has 9 nitrogen and oxygen atoms in total. The van der Waals surface area contributed by atoms with Gasteiger partial charge in [-0.05, 0) is 25.1 Å². The van der Waals surface area contributed by atoms with Crippen LogP contribution in [0.1, 0.15) is 27.8 Å². The fourth-order valence-electron chi connectivity index (χ4n) is 3.25. The van der Waals surface area contributed by atoms with Gasteiger partial charge in [-0.25, -0.2) is 4.79 Å². The van der Waals surface area contributed by atoms with Crippen molar-refractivity contribution in [3.8, 4) is 0 Å². The molecule has 0 saturated heterocycles. The Morgan fingerprint density at radius 2 is 1.83 bits per heavy atom. The summed E-state index contributed by atoms with van der Waals surface area (Å²) in [5.74, 6) is -0.582. The van der Waals surface area contributed by atoms with E-state index in [2.05, 4.69) is 5.32 Å². The van der Waals surface area contributed by atoms with Gasteiger partial charge < -0.3 is 14.6 Å². The standard InChI is InChI=1S/C20H22N4O5/c1-12(25)13-6-5-7-14(10-13)21-17(26)16-11-15-18(24(16)8-9-29-4)22(2)20(28)23(3)19(15)27/h5-7,10-11H,8-9H2,1-4H3,(H,21,26). The predicted octanol–water partition coefficient (Wildman–Crippen LogP) is 1.14. The predicted molar refractivity (Wildman–Crippen MR) is 109 cm³/mol. The molecule has 3 aromatic rings. The van der Waals surface area contributed by atoms with Crippen molar-refractivity contribution in [1.82, 2.24) is 13.7 Å². The van der Waals surface area contributed by atoms with E-state index in [0.29, 0.717) is 16.9 Å². The average Bonchev–Trinajstić information content (AvgIpc) is 3.09. The summed E-state index contributed by atoms with van der Waals surface area (Å²) in [6.07, 6.45) is 0. The van der Waals surface area contributed by atoms with E-state index in [1.54, 1.807) is 35.9 Å². The number of Topliss-reactive ketones (excluding diaryl/α,β-unsaturated/α-hetero) is 1. The lowest BCUT2D eigenvalue weighted by molar-refractivity contribution is 0.100. The van der Waals surface area contributed by atoms with Gasteiger partial charge in [0, 0.05) is 39.0 Å². The highest BCUT2D eigenvalue weighted by molar-refractivity contribution is 6.06. The van der Waals surface area contributed by atoms with Crippen molar-refractivity contribution in [2.45, 2.75) is 13.5 Å². The Kier molecular flexibility index (Phi) is 5.51. The number of hydrogen-bond acceptors (Lipinski definition) is 5. The number of rotatable bonds is 6. The summed E-state index contributed by atoms with van der Waals surface area (Å²) in [4.78, 5) is 49.5. The molecule has 2 aromatic heterocycles. The number of benzene rings is 1. The highest BCUT2D eigenvalue weighted by Gasteiger charge is 2.21. The lowest BCUT2D eigenvalue weighted by atomic mass is 10.1. The minimum Gasteiger partial charge on any atom is -0.383 e. The first-order chi connectivity index (χ1) is 13.8. The fraction of sp³-hybridized carbons (Fsp3) is 0.300. The summed E-state index contributed by atoms with van der Waals surface area (Å²) in [6.45, 7) is 2.00. The number of carbonyl (C=O) groups excluding carboxylic acids is 2. The molecule has 1 N–H and O–H groups in total. The number of anilines is 1. The van der Waals surface area contributed by atoms with Crippen LogP contribution in [0.2, 0.25) is 0 Å². The smallest absolute Gasteiger partial charge is 0.332 e. The Morgan fingerprint density at radius 1 is 1.10 bits per heavy atom. The zero-order valence-electron chi connectivity index (χ0n) is 16.7. The zero-order valence-corrected chi connectivity index (χ0v) is 16.7. The minimum atomic E-state index is -0.486. The number of nitrogens with one attached hydrogen (secondary N) is 1. The number of aryl methyl sites for hydroxylation is 1. The number of fused-ring (bicyclic) bond motifs is 1. The molecule has 9 heteroatoms. The van der Waals surface area contributed by atoms with Crippen LogP contribution in [0, 0.1) is 0 Å². The maximum absolute atomic E-state index is 13.0. The van der Waals surface area contributed by atoms with E-state index < -0.39 is 17.2 Å². The first-order valence-electron chi connectivity index (χ1n) is 8.96. The summed E-state index contributed by atoms with van der Waals surface area (Å²) >= 11 is 0. The van der Waals surface area contributed by atoms with E-state index in [1.807, 2.05) is 0 Å². The lowest BCUT2D eigenvalue weighted by Gasteiger charge is -2.13. The third kappa shape index (κ3) is 3.64. The van der Waals surface area contributed by atoms with Crippen LogP contribution >= 0.6 is 0 Å².